The SMILES string of the molecule is Cc1c(F)cc(C(O)CN)c(C)c1Br. The van der Waals surface area contributed by atoms with E-state index in [0.29, 0.717) is 15.6 Å². The normalized spacial score (nSPS) is 13.0. The lowest BCUT2D eigenvalue weighted by Crippen LogP contribution is -2.13. The van der Waals surface area contributed by atoms with Crippen LogP contribution in [-0.4, -0.2) is 11.7 Å². The molecule has 1 aromatic carbocycles. The molecule has 4 heteroatoms. The van der Waals surface area contributed by atoms with Gasteiger partial charge in [0.15, 0.2) is 0 Å². The highest BCUT2D eigenvalue weighted by Gasteiger charge is 2.15. The lowest BCUT2D eigenvalue weighted by Gasteiger charge is -2.15. The third kappa shape index (κ3) is 1.97. The van der Waals surface area contributed by atoms with Crippen LogP contribution < -0.4 is 5.73 Å². The number of rotatable bonds is 2. The third-order valence-corrected chi connectivity index (χ3v) is 3.50. The fourth-order valence-electron chi connectivity index (χ4n) is 1.34. The predicted octanol–water partition coefficient (Wildman–Crippen LogP) is 2.20. The molecular formula is C10H13BrFNO. The number of hydrogen-bond donors (Lipinski definition) is 2. The van der Waals surface area contributed by atoms with Crippen molar-refractivity contribution in [1.82, 2.24) is 0 Å². The summed E-state index contributed by atoms with van der Waals surface area (Å²) in [4.78, 5) is 0. The van der Waals surface area contributed by atoms with Gasteiger partial charge in [0.05, 0.1) is 6.10 Å². The van der Waals surface area contributed by atoms with Crippen LogP contribution in [0.15, 0.2) is 10.5 Å². The molecule has 1 aromatic rings. The summed E-state index contributed by atoms with van der Waals surface area (Å²) in [5.41, 5.74) is 7.25. The first-order valence-electron chi connectivity index (χ1n) is 4.32. The molecule has 1 unspecified atom stereocenters. The Bertz CT molecular complexity index is 354. The Morgan fingerprint density at radius 2 is 2.07 bits per heavy atom. The quantitative estimate of drug-likeness (QED) is 0.858. The fraction of sp³-hybridized carbons (Fsp3) is 0.400. The Balaban J connectivity index is 3.33. The summed E-state index contributed by atoms with van der Waals surface area (Å²) < 4.78 is 14.0. The van der Waals surface area contributed by atoms with E-state index in [1.807, 2.05) is 6.92 Å². The Labute approximate surface area is 91.1 Å². The topological polar surface area (TPSA) is 46.2 Å². The number of aliphatic hydroxyl groups excluding tert-OH is 1. The van der Waals surface area contributed by atoms with Gasteiger partial charge in [0.1, 0.15) is 5.82 Å². The van der Waals surface area contributed by atoms with Crippen LogP contribution in [0.1, 0.15) is 22.8 Å². The van der Waals surface area contributed by atoms with Crippen LogP contribution in [0.25, 0.3) is 0 Å². The highest BCUT2D eigenvalue weighted by atomic mass is 79.9. The van der Waals surface area contributed by atoms with E-state index < -0.39 is 6.10 Å². The lowest BCUT2D eigenvalue weighted by atomic mass is 10.0. The van der Waals surface area contributed by atoms with E-state index in [9.17, 15) is 9.50 Å². The van der Waals surface area contributed by atoms with Crippen molar-refractivity contribution in [1.29, 1.82) is 0 Å². The van der Waals surface area contributed by atoms with Crippen molar-refractivity contribution in [3.63, 3.8) is 0 Å². The molecule has 0 bridgehead atoms. The number of aliphatic hydroxyl groups is 1. The number of benzene rings is 1. The second kappa shape index (κ2) is 4.38. The molecule has 2 nitrogen and oxygen atoms in total. The lowest BCUT2D eigenvalue weighted by molar-refractivity contribution is 0.185. The zero-order valence-electron chi connectivity index (χ0n) is 8.14. The highest BCUT2D eigenvalue weighted by molar-refractivity contribution is 9.10. The van der Waals surface area contributed by atoms with Gasteiger partial charge in [-0.3, -0.25) is 0 Å². The van der Waals surface area contributed by atoms with Gasteiger partial charge in [0.2, 0.25) is 0 Å². The average molecular weight is 262 g/mol. The van der Waals surface area contributed by atoms with Crippen molar-refractivity contribution in [2.45, 2.75) is 20.0 Å². The summed E-state index contributed by atoms with van der Waals surface area (Å²) in [5.74, 6) is -0.329. The number of nitrogens with two attached hydrogens (primary N) is 1. The Hall–Kier alpha value is -0.450. The molecule has 3 N–H and O–H groups in total. The van der Waals surface area contributed by atoms with Crippen LogP contribution in [0.4, 0.5) is 4.39 Å². The van der Waals surface area contributed by atoms with Crippen LogP contribution in [0.3, 0.4) is 0 Å². The summed E-state index contributed by atoms with van der Waals surface area (Å²) in [6, 6.07) is 1.34. The zero-order valence-corrected chi connectivity index (χ0v) is 9.73. The average Bonchev–Trinajstić information content (AvgIpc) is 2.19. The summed E-state index contributed by atoms with van der Waals surface area (Å²) in [7, 11) is 0. The number of hydrogen-bond acceptors (Lipinski definition) is 2. The molecule has 0 aliphatic rings. The monoisotopic (exact) mass is 261 g/mol. The second-order valence-electron chi connectivity index (χ2n) is 3.26. The first-order chi connectivity index (χ1) is 6.49. The molecule has 0 aliphatic heterocycles. The minimum absolute atomic E-state index is 0.0930. The summed E-state index contributed by atoms with van der Waals surface area (Å²) in [6.45, 7) is 3.60. The number of halogens is 2. The van der Waals surface area contributed by atoms with Crippen LogP contribution in [0, 0.1) is 19.7 Å². The van der Waals surface area contributed by atoms with E-state index >= 15 is 0 Å². The van der Waals surface area contributed by atoms with Crippen molar-refractivity contribution in [2.24, 2.45) is 5.73 Å². The molecule has 14 heavy (non-hydrogen) atoms. The van der Waals surface area contributed by atoms with Gasteiger partial charge in [-0.25, -0.2) is 4.39 Å². The maximum Gasteiger partial charge on any atom is 0.127 e. The standard InChI is InChI=1S/C10H13BrFNO/c1-5-7(9(14)4-13)3-8(12)6(2)10(5)11/h3,9,14H,4,13H2,1-2H3. The van der Waals surface area contributed by atoms with Gasteiger partial charge in [-0.1, -0.05) is 15.9 Å². The van der Waals surface area contributed by atoms with Gasteiger partial charge < -0.3 is 10.8 Å². The molecule has 0 amide bonds. The summed E-state index contributed by atoms with van der Waals surface area (Å²) in [6.07, 6.45) is -0.804. The molecule has 0 aromatic heterocycles. The molecule has 1 atom stereocenters. The van der Waals surface area contributed by atoms with Crippen LogP contribution in [0.2, 0.25) is 0 Å². The summed E-state index contributed by atoms with van der Waals surface area (Å²) >= 11 is 3.29. The van der Waals surface area contributed by atoms with E-state index in [-0.39, 0.29) is 12.4 Å². The molecule has 0 fully saturated rings. The van der Waals surface area contributed by atoms with Gasteiger partial charge >= 0.3 is 0 Å². The first-order valence-corrected chi connectivity index (χ1v) is 5.11. The van der Waals surface area contributed by atoms with E-state index in [4.69, 9.17) is 5.73 Å². The van der Waals surface area contributed by atoms with Crippen molar-refractivity contribution in [3.8, 4) is 0 Å². The molecule has 0 aliphatic carbocycles. The summed E-state index contributed by atoms with van der Waals surface area (Å²) in [5, 5.41) is 9.54. The van der Waals surface area contributed by atoms with Crippen molar-refractivity contribution in [3.05, 3.63) is 33.0 Å². The maximum absolute atomic E-state index is 13.3. The Morgan fingerprint density at radius 3 is 2.57 bits per heavy atom. The van der Waals surface area contributed by atoms with Gasteiger partial charge in [-0.05, 0) is 36.6 Å². The van der Waals surface area contributed by atoms with Gasteiger partial charge in [-0.2, -0.15) is 0 Å². The predicted molar refractivity (Wildman–Crippen MR) is 57.6 cm³/mol. The molecule has 0 radical (unpaired) electrons. The minimum Gasteiger partial charge on any atom is -0.387 e. The molecule has 0 spiro atoms. The molecule has 78 valence electrons. The smallest absolute Gasteiger partial charge is 0.127 e. The molecular weight excluding hydrogens is 249 g/mol. The van der Waals surface area contributed by atoms with Crippen LogP contribution in [0.5, 0.6) is 0 Å². The van der Waals surface area contributed by atoms with Crippen molar-refractivity contribution < 1.29 is 9.50 Å². The largest absolute Gasteiger partial charge is 0.387 e. The van der Waals surface area contributed by atoms with E-state index in [1.54, 1.807) is 6.92 Å². The molecule has 0 heterocycles. The van der Waals surface area contributed by atoms with Crippen molar-refractivity contribution >= 4 is 15.9 Å². The second-order valence-corrected chi connectivity index (χ2v) is 4.06. The van der Waals surface area contributed by atoms with E-state index in [2.05, 4.69) is 15.9 Å². The molecule has 0 saturated carbocycles. The zero-order chi connectivity index (χ0) is 10.9. The maximum atomic E-state index is 13.3. The van der Waals surface area contributed by atoms with Crippen LogP contribution >= 0.6 is 15.9 Å². The van der Waals surface area contributed by atoms with Gasteiger partial charge in [0.25, 0.3) is 0 Å². The van der Waals surface area contributed by atoms with Gasteiger partial charge in [0, 0.05) is 11.0 Å². The molecule has 1 rings (SSSR count). The minimum atomic E-state index is -0.804. The van der Waals surface area contributed by atoms with Crippen LogP contribution in [-0.2, 0) is 0 Å². The molecule has 0 saturated heterocycles. The Morgan fingerprint density at radius 1 is 1.50 bits per heavy atom. The third-order valence-electron chi connectivity index (χ3n) is 2.31. The first kappa shape index (κ1) is 11.6. The Kier molecular flexibility index (Phi) is 3.64. The van der Waals surface area contributed by atoms with E-state index in [1.165, 1.54) is 6.07 Å². The fourth-order valence-corrected chi connectivity index (χ4v) is 1.76. The van der Waals surface area contributed by atoms with E-state index in [0.717, 1.165) is 5.56 Å². The highest BCUT2D eigenvalue weighted by Crippen LogP contribution is 2.29. The van der Waals surface area contributed by atoms with Crippen molar-refractivity contribution in [2.75, 3.05) is 6.54 Å². The van der Waals surface area contributed by atoms with Gasteiger partial charge in [-0.15, -0.1) is 0 Å².